The Bertz CT molecular complexity index is 707. The molecule has 6 nitrogen and oxygen atoms in total. The van der Waals surface area contributed by atoms with Crippen LogP contribution in [0.3, 0.4) is 0 Å². The van der Waals surface area contributed by atoms with Gasteiger partial charge >= 0.3 is 5.97 Å². The fourth-order valence-corrected chi connectivity index (χ4v) is 2.41. The van der Waals surface area contributed by atoms with Gasteiger partial charge in [-0.05, 0) is 25.0 Å². The second-order valence-corrected chi connectivity index (χ2v) is 5.23. The monoisotopic (exact) mass is 307 g/mol. The SMILES string of the molecule is CCC(CC)(CNC(=O)c1cc(F)cc2[nH]cnc12)C(=O)O. The molecule has 0 bridgehead atoms. The van der Waals surface area contributed by atoms with Gasteiger partial charge in [-0.3, -0.25) is 9.59 Å². The number of benzene rings is 1. The molecule has 0 aliphatic heterocycles. The zero-order valence-electron chi connectivity index (χ0n) is 12.4. The summed E-state index contributed by atoms with van der Waals surface area (Å²) >= 11 is 0. The highest BCUT2D eigenvalue weighted by Crippen LogP contribution is 2.26. The van der Waals surface area contributed by atoms with Crippen LogP contribution < -0.4 is 5.32 Å². The number of fused-ring (bicyclic) bond motifs is 1. The number of aromatic nitrogens is 2. The molecule has 0 radical (unpaired) electrons. The fourth-order valence-electron chi connectivity index (χ4n) is 2.41. The van der Waals surface area contributed by atoms with Crippen LogP contribution in [0.25, 0.3) is 11.0 Å². The molecule has 7 heteroatoms. The normalized spacial score (nSPS) is 11.6. The van der Waals surface area contributed by atoms with Crippen LogP contribution in [0.1, 0.15) is 37.0 Å². The minimum absolute atomic E-state index is 0.0173. The van der Waals surface area contributed by atoms with E-state index in [0.29, 0.717) is 23.9 Å². The van der Waals surface area contributed by atoms with E-state index in [1.165, 1.54) is 12.4 Å². The highest BCUT2D eigenvalue weighted by Gasteiger charge is 2.35. The van der Waals surface area contributed by atoms with Gasteiger partial charge in [0, 0.05) is 6.54 Å². The Kier molecular flexibility index (Phi) is 4.44. The topological polar surface area (TPSA) is 95.1 Å². The lowest BCUT2D eigenvalue weighted by molar-refractivity contribution is -0.149. The van der Waals surface area contributed by atoms with Crippen molar-refractivity contribution in [3.63, 3.8) is 0 Å². The molecule has 2 aromatic rings. The molecule has 1 heterocycles. The maximum absolute atomic E-state index is 13.5. The minimum atomic E-state index is -1.02. The van der Waals surface area contributed by atoms with E-state index in [2.05, 4.69) is 15.3 Å². The maximum Gasteiger partial charge on any atom is 0.311 e. The standard InChI is InChI=1S/C15H18FN3O3/c1-3-15(4-2,14(21)22)7-17-13(20)10-5-9(16)6-11-12(10)19-8-18-11/h5-6,8H,3-4,7H2,1-2H3,(H,17,20)(H,18,19)(H,21,22). The molecular weight excluding hydrogens is 289 g/mol. The fraction of sp³-hybridized carbons (Fsp3) is 0.400. The predicted octanol–water partition coefficient (Wildman–Crippen LogP) is 2.32. The second-order valence-electron chi connectivity index (χ2n) is 5.23. The Balaban J connectivity index is 2.25. The summed E-state index contributed by atoms with van der Waals surface area (Å²) in [6, 6.07) is 2.34. The molecule has 3 N–H and O–H groups in total. The first-order valence-electron chi connectivity index (χ1n) is 7.07. The molecule has 0 aliphatic carbocycles. The number of nitrogens with zero attached hydrogens (tertiary/aromatic N) is 1. The number of carbonyl (C=O) groups is 2. The first-order chi connectivity index (χ1) is 10.4. The lowest BCUT2D eigenvalue weighted by atomic mass is 9.82. The molecule has 118 valence electrons. The number of amides is 1. The molecule has 0 unspecified atom stereocenters. The van der Waals surface area contributed by atoms with Crippen molar-refractivity contribution >= 4 is 22.9 Å². The van der Waals surface area contributed by atoms with Crippen molar-refractivity contribution in [2.75, 3.05) is 6.54 Å². The van der Waals surface area contributed by atoms with Gasteiger partial charge in [-0.2, -0.15) is 0 Å². The first-order valence-corrected chi connectivity index (χ1v) is 7.07. The smallest absolute Gasteiger partial charge is 0.311 e. The first kappa shape index (κ1) is 15.9. The Labute approximate surface area is 126 Å². The van der Waals surface area contributed by atoms with Crippen LogP contribution in [0.15, 0.2) is 18.5 Å². The third-order valence-electron chi connectivity index (χ3n) is 4.13. The van der Waals surface area contributed by atoms with E-state index in [1.807, 2.05) is 0 Å². The molecule has 0 atom stereocenters. The van der Waals surface area contributed by atoms with Crippen LogP contribution in [0.5, 0.6) is 0 Å². The van der Waals surface area contributed by atoms with Gasteiger partial charge in [0.25, 0.3) is 5.91 Å². The summed E-state index contributed by atoms with van der Waals surface area (Å²) in [5.41, 5.74) is -0.163. The van der Waals surface area contributed by atoms with Gasteiger partial charge < -0.3 is 15.4 Å². The van der Waals surface area contributed by atoms with E-state index in [4.69, 9.17) is 0 Å². The number of imidazole rings is 1. The van der Waals surface area contributed by atoms with Gasteiger partial charge in [-0.15, -0.1) is 0 Å². The van der Waals surface area contributed by atoms with Crippen molar-refractivity contribution in [2.24, 2.45) is 5.41 Å². The van der Waals surface area contributed by atoms with E-state index < -0.39 is 23.1 Å². The van der Waals surface area contributed by atoms with Crippen LogP contribution in [0.2, 0.25) is 0 Å². The molecule has 1 aromatic heterocycles. The van der Waals surface area contributed by atoms with Gasteiger partial charge in [0.15, 0.2) is 0 Å². The van der Waals surface area contributed by atoms with Crippen molar-refractivity contribution in [3.8, 4) is 0 Å². The lowest BCUT2D eigenvalue weighted by Crippen LogP contribution is -2.42. The summed E-state index contributed by atoms with van der Waals surface area (Å²) < 4.78 is 13.5. The van der Waals surface area contributed by atoms with Crippen LogP contribution in [0, 0.1) is 11.2 Å². The number of aliphatic carboxylic acids is 1. The number of aromatic amines is 1. The molecule has 0 fully saturated rings. The number of carboxylic acids is 1. The zero-order valence-corrected chi connectivity index (χ0v) is 12.4. The number of nitrogens with one attached hydrogen (secondary N) is 2. The average molecular weight is 307 g/mol. The van der Waals surface area contributed by atoms with E-state index in [-0.39, 0.29) is 12.1 Å². The molecule has 0 aliphatic rings. The molecule has 0 saturated carbocycles. The predicted molar refractivity (Wildman–Crippen MR) is 79.0 cm³/mol. The van der Waals surface area contributed by atoms with Crippen molar-refractivity contribution in [3.05, 3.63) is 29.8 Å². The Morgan fingerprint density at radius 2 is 2.05 bits per heavy atom. The molecule has 1 aromatic carbocycles. The number of halogens is 1. The molecular formula is C15H18FN3O3. The molecule has 22 heavy (non-hydrogen) atoms. The Morgan fingerprint density at radius 3 is 2.64 bits per heavy atom. The van der Waals surface area contributed by atoms with Crippen LogP contribution in [-0.4, -0.2) is 33.5 Å². The van der Waals surface area contributed by atoms with E-state index in [9.17, 15) is 19.1 Å². The highest BCUT2D eigenvalue weighted by molar-refractivity contribution is 6.04. The second kappa shape index (κ2) is 6.13. The van der Waals surface area contributed by atoms with Gasteiger partial charge in [0.05, 0.1) is 22.8 Å². The molecule has 1 amide bonds. The summed E-state index contributed by atoms with van der Waals surface area (Å²) in [7, 11) is 0. The summed E-state index contributed by atoms with van der Waals surface area (Å²) in [6.45, 7) is 3.51. The third-order valence-corrected chi connectivity index (χ3v) is 4.13. The Morgan fingerprint density at radius 1 is 1.36 bits per heavy atom. The van der Waals surface area contributed by atoms with Gasteiger partial charge in [-0.1, -0.05) is 13.8 Å². The van der Waals surface area contributed by atoms with Crippen molar-refractivity contribution < 1.29 is 19.1 Å². The van der Waals surface area contributed by atoms with Crippen molar-refractivity contribution in [1.29, 1.82) is 0 Å². The zero-order chi connectivity index (χ0) is 16.3. The number of rotatable bonds is 6. The maximum atomic E-state index is 13.5. The molecule has 2 rings (SSSR count). The number of hydrogen-bond donors (Lipinski definition) is 3. The van der Waals surface area contributed by atoms with Crippen molar-refractivity contribution in [1.82, 2.24) is 15.3 Å². The van der Waals surface area contributed by atoms with Crippen LogP contribution >= 0.6 is 0 Å². The van der Waals surface area contributed by atoms with Crippen LogP contribution in [0.4, 0.5) is 4.39 Å². The van der Waals surface area contributed by atoms with Gasteiger partial charge in [0.2, 0.25) is 0 Å². The largest absolute Gasteiger partial charge is 0.481 e. The molecule has 0 saturated heterocycles. The average Bonchev–Trinajstić information content (AvgIpc) is 2.95. The van der Waals surface area contributed by atoms with Gasteiger partial charge in [-0.25, -0.2) is 9.37 Å². The van der Waals surface area contributed by atoms with E-state index in [1.54, 1.807) is 13.8 Å². The summed E-state index contributed by atoms with van der Waals surface area (Å²) in [6.07, 6.45) is 2.15. The van der Waals surface area contributed by atoms with E-state index in [0.717, 1.165) is 6.07 Å². The number of hydrogen-bond acceptors (Lipinski definition) is 3. The van der Waals surface area contributed by atoms with Crippen LogP contribution in [-0.2, 0) is 4.79 Å². The summed E-state index contributed by atoms with van der Waals surface area (Å²) in [5.74, 6) is -2.05. The number of H-pyrrole nitrogens is 1. The van der Waals surface area contributed by atoms with Crippen molar-refractivity contribution in [2.45, 2.75) is 26.7 Å². The molecule has 0 spiro atoms. The number of carboxylic acid groups (broad SMARTS) is 1. The number of carbonyl (C=O) groups excluding carboxylic acids is 1. The van der Waals surface area contributed by atoms with E-state index >= 15 is 0 Å². The minimum Gasteiger partial charge on any atom is -0.481 e. The quantitative estimate of drug-likeness (QED) is 0.763. The summed E-state index contributed by atoms with van der Waals surface area (Å²) in [5, 5.41) is 12.0. The Hall–Kier alpha value is -2.44. The lowest BCUT2D eigenvalue weighted by Gasteiger charge is -2.26. The summed E-state index contributed by atoms with van der Waals surface area (Å²) in [4.78, 5) is 30.5. The highest BCUT2D eigenvalue weighted by atomic mass is 19.1. The van der Waals surface area contributed by atoms with Gasteiger partial charge in [0.1, 0.15) is 11.3 Å². The third kappa shape index (κ3) is 2.79.